The molecular formula is C11H12N4O4S2. The summed E-state index contributed by atoms with van der Waals surface area (Å²) in [6.45, 7) is 0.0958. The molecule has 0 amide bonds. The van der Waals surface area contributed by atoms with E-state index in [-0.39, 0.29) is 22.8 Å². The van der Waals surface area contributed by atoms with E-state index in [2.05, 4.69) is 10.1 Å². The maximum Gasteiger partial charge on any atom is 0.270 e. The highest BCUT2D eigenvalue weighted by Gasteiger charge is 2.21. The van der Waals surface area contributed by atoms with Crippen LogP contribution < -0.4 is 16.0 Å². The number of nitro groups is 1. The average molecular weight is 328 g/mol. The van der Waals surface area contributed by atoms with Gasteiger partial charge in [0.15, 0.2) is 0 Å². The molecule has 1 aromatic heterocycles. The summed E-state index contributed by atoms with van der Waals surface area (Å²) >= 11 is 1.44. The molecule has 21 heavy (non-hydrogen) atoms. The van der Waals surface area contributed by atoms with E-state index in [1.54, 1.807) is 11.4 Å². The molecule has 2 aromatic rings. The zero-order chi connectivity index (χ0) is 15.5. The Morgan fingerprint density at radius 3 is 2.67 bits per heavy atom. The van der Waals surface area contributed by atoms with Gasteiger partial charge in [-0.05, 0) is 28.5 Å². The number of nitrogen functional groups attached to an aromatic ring is 1. The standard InChI is InChI=1S/C11H12N4O4S2/c12-14-10-2-1-9(15(16)17)5-11(10)21(18,19)13-6-8-3-4-20-7-8/h1-5,7,13-14H,6,12H2. The van der Waals surface area contributed by atoms with Crippen LogP contribution in [0.2, 0.25) is 0 Å². The predicted molar refractivity (Wildman–Crippen MR) is 79.3 cm³/mol. The molecule has 1 aromatic carbocycles. The van der Waals surface area contributed by atoms with Gasteiger partial charge in [-0.25, -0.2) is 13.1 Å². The van der Waals surface area contributed by atoms with E-state index in [9.17, 15) is 18.5 Å². The number of hydrazine groups is 1. The van der Waals surface area contributed by atoms with Crippen LogP contribution in [0, 0.1) is 10.1 Å². The number of hydrogen-bond donors (Lipinski definition) is 3. The summed E-state index contributed by atoms with van der Waals surface area (Å²) in [6, 6.07) is 5.16. The third-order valence-corrected chi connectivity index (χ3v) is 4.84. The summed E-state index contributed by atoms with van der Waals surface area (Å²) in [5.74, 6) is 5.25. The monoisotopic (exact) mass is 328 g/mol. The van der Waals surface area contributed by atoms with Crippen LogP contribution >= 0.6 is 11.3 Å². The number of non-ortho nitro benzene ring substituents is 1. The third-order valence-electron chi connectivity index (χ3n) is 2.67. The van der Waals surface area contributed by atoms with Crippen LogP contribution in [0.3, 0.4) is 0 Å². The number of thiophene rings is 1. The van der Waals surface area contributed by atoms with Gasteiger partial charge in [0.1, 0.15) is 4.90 Å². The summed E-state index contributed by atoms with van der Waals surface area (Å²) in [5, 5.41) is 14.4. The van der Waals surface area contributed by atoms with E-state index in [0.29, 0.717) is 0 Å². The highest BCUT2D eigenvalue weighted by Crippen LogP contribution is 2.25. The molecule has 2 rings (SSSR count). The second-order valence-corrected chi connectivity index (χ2v) is 6.55. The highest BCUT2D eigenvalue weighted by molar-refractivity contribution is 7.89. The fourth-order valence-electron chi connectivity index (χ4n) is 1.62. The molecular weight excluding hydrogens is 316 g/mol. The Morgan fingerprint density at radius 2 is 2.10 bits per heavy atom. The summed E-state index contributed by atoms with van der Waals surface area (Å²) in [4.78, 5) is 9.83. The molecule has 0 saturated heterocycles. The summed E-state index contributed by atoms with van der Waals surface area (Å²) < 4.78 is 26.9. The lowest BCUT2D eigenvalue weighted by Gasteiger charge is -2.10. The largest absolute Gasteiger partial charge is 0.323 e. The molecule has 0 aliphatic rings. The molecule has 0 unspecified atom stereocenters. The first-order valence-electron chi connectivity index (χ1n) is 5.70. The Balaban J connectivity index is 2.33. The lowest BCUT2D eigenvalue weighted by atomic mass is 10.3. The SMILES string of the molecule is NNc1ccc([N+](=O)[O-])cc1S(=O)(=O)NCc1ccsc1. The van der Waals surface area contributed by atoms with Crippen molar-refractivity contribution >= 4 is 32.7 Å². The fraction of sp³-hybridized carbons (Fsp3) is 0.0909. The van der Waals surface area contributed by atoms with Gasteiger partial charge in [-0.3, -0.25) is 16.0 Å². The van der Waals surface area contributed by atoms with Crippen molar-refractivity contribution in [1.29, 1.82) is 0 Å². The van der Waals surface area contributed by atoms with Crippen molar-refractivity contribution in [1.82, 2.24) is 4.72 Å². The molecule has 10 heteroatoms. The van der Waals surface area contributed by atoms with Crippen LogP contribution in [0.4, 0.5) is 11.4 Å². The van der Waals surface area contributed by atoms with E-state index >= 15 is 0 Å². The topological polar surface area (TPSA) is 127 Å². The smallest absolute Gasteiger partial charge is 0.270 e. The Labute approximate surface area is 124 Å². The minimum Gasteiger partial charge on any atom is -0.323 e. The number of hydrogen-bond acceptors (Lipinski definition) is 7. The molecule has 4 N–H and O–H groups in total. The molecule has 0 bridgehead atoms. The Kier molecular flexibility index (Phi) is 4.53. The second kappa shape index (κ2) is 6.18. The van der Waals surface area contributed by atoms with E-state index < -0.39 is 14.9 Å². The highest BCUT2D eigenvalue weighted by atomic mass is 32.2. The number of nitrogens with zero attached hydrogens (tertiary/aromatic N) is 1. The van der Waals surface area contributed by atoms with Crippen molar-refractivity contribution in [3.8, 4) is 0 Å². The van der Waals surface area contributed by atoms with Gasteiger partial charge >= 0.3 is 0 Å². The molecule has 8 nitrogen and oxygen atoms in total. The fourth-order valence-corrected chi connectivity index (χ4v) is 3.49. The Hall–Kier alpha value is -2.01. The van der Waals surface area contributed by atoms with Crippen LogP contribution in [0.25, 0.3) is 0 Å². The van der Waals surface area contributed by atoms with Crippen molar-refractivity contribution in [3.63, 3.8) is 0 Å². The van der Waals surface area contributed by atoms with Crippen molar-refractivity contribution in [2.24, 2.45) is 5.84 Å². The maximum atomic E-state index is 12.3. The zero-order valence-electron chi connectivity index (χ0n) is 10.6. The Bertz CT molecular complexity index is 744. The summed E-state index contributed by atoms with van der Waals surface area (Å²) in [5.41, 5.74) is 2.78. The summed E-state index contributed by atoms with van der Waals surface area (Å²) in [7, 11) is -3.93. The van der Waals surface area contributed by atoms with Crippen LogP contribution in [-0.2, 0) is 16.6 Å². The van der Waals surface area contributed by atoms with Crippen LogP contribution in [0.5, 0.6) is 0 Å². The van der Waals surface area contributed by atoms with Gasteiger partial charge in [-0.1, -0.05) is 0 Å². The van der Waals surface area contributed by atoms with Gasteiger partial charge in [0.25, 0.3) is 5.69 Å². The molecule has 1 heterocycles. The van der Waals surface area contributed by atoms with Crippen LogP contribution in [0.15, 0.2) is 39.9 Å². The van der Waals surface area contributed by atoms with Gasteiger partial charge in [0.2, 0.25) is 10.0 Å². The molecule has 0 radical (unpaired) electrons. The van der Waals surface area contributed by atoms with E-state index in [1.807, 2.05) is 5.38 Å². The molecule has 0 fully saturated rings. The molecule has 0 spiro atoms. The first kappa shape index (κ1) is 15.4. The molecule has 0 aliphatic heterocycles. The lowest BCUT2D eigenvalue weighted by molar-refractivity contribution is -0.385. The molecule has 0 atom stereocenters. The quantitative estimate of drug-likeness (QED) is 0.418. The first-order chi connectivity index (χ1) is 9.94. The minimum absolute atomic E-state index is 0.0819. The number of nitrogens with two attached hydrogens (primary N) is 1. The summed E-state index contributed by atoms with van der Waals surface area (Å²) in [6.07, 6.45) is 0. The van der Waals surface area contributed by atoms with E-state index in [0.717, 1.165) is 11.6 Å². The van der Waals surface area contributed by atoms with Gasteiger partial charge in [0, 0.05) is 18.7 Å². The number of benzene rings is 1. The average Bonchev–Trinajstić information content (AvgIpc) is 2.98. The lowest BCUT2D eigenvalue weighted by Crippen LogP contribution is -2.25. The van der Waals surface area contributed by atoms with Crippen molar-refractivity contribution < 1.29 is 13.3 Å². The number of nitro benzene ring substituents is 1. The Morgan fingerprint density at radius 1 is 1.33 bits per heavy atom. The van der Waals surface area contributed by atoms with E-state index in [1.165, 1.54) is 23.5 Å². The number of sulfonamides is 1. The van der Waals surface area contributed by atoms with Gasteiger partial charge in [-0.15, -0.1) is 0 Å². The first-order valence-corrected chi connectivity index (χ1v) is 8.12. The number of rotatable bonds is 6. The van der Waals surface area contributed by atoms with Gasteiger partial charge in [-0.2, -0.15) is 11.3 Å². The van der Waals surface area contributed by atoms with E-state index in [4.69, 9.17) is 5.84 Å². The molecule has 0 saturated carbocycles. The van der Waals surface area contributed by atoms with Crippen LogP contribution in [0.1, 0.15) is 5.56 Å². The van der Waals surface area contributed by atoms with Crippen molar-refractivity contribution in [3.05, 3.63) is 50.7 Å². The van der Waals surface area contributed by atoms with Gasteiger partial charge < -0.3 is 5.43 Å². The number of anilines is 1. The van der Waals surface area contributed by atoms with Crippen molar-refractivity contribution in [2.75, 3.05) is 5.43 Å². The van der Waals surface area contributed by atoms with Crippen LogP contribution in [-0.4, -0.2) is 13.3 Å². The molecule has 112 valence electrons. The predicted octanol–water partition coefficient (Wildman–Crippen LogP) is 1.42. The van der Waals surface area contributed by atoms with Crippen molar-refractivity contribution in [2.45, 2.75) is 11.4 Å². The third kappa shape index (κ3) is 3.55. The zero-order valence-corrected chi connectivity index (χ0v) is 12.3. The normalized spacial score (nSPS) is 11.3. The number of nitrogens with one attached hydrogen (secondary N) is 2. The second-order valence-electron chi connectivity index (χ2n) is 4.04. The molecule has 0 aliphatic carbocycles. The maximum absolute atomic E-state index is 12.3. The minimum atomic E-state index is -3.93. The van der Waals surface area contributed by atoms with Gasteiger partial charge in [0.05, 0.1) is 10.6 Å².